The summed E-state index contributed by atoms with van der Waals surface area (Å²) < 4.78 is 0. The normalized spacial score (nSPS) is 12.1. The van der Waals surface area contributed by atoms with E-state index in [9.17, 15) is 10.2 Å². The highest BCUT2D eigenvalue weighted by atomic mass is 16.3. The van der Waals surface area contributed by atoms with E-state index in [1.165, 1.54) is 17.7 Å². The van der Waals surface area contributed by atoms with Crippen LogP contribution in [-0.2, 0) is 6.42 Å². The van der Waals surface area contributed by atoms with Gasteiger partial charge in [-0.2, -0.15) is 0 Å². The third kappa shape index (κ3) is 3.31. The summed E-state index contributed by atoms with van der Waals surface area (Å²) in [5.41, 5.74) is 2.05. The largest absolute Gasteiger partial charge is 0.508 e. The Kier molecular flexibility index (Phi) is 3.78. The highest BCUT2D eigenvalue weighted by molar-refractivity contribution is 5.39. The van der Waals surface area contributed by atoms with Gasteiger partial charge in [-0.25, -0.2) is 0 Å². The maximum atomic E-state index is 9.55. The second kappa shape index (κ2) is 4.87. The molecule has 0 saturated carbocycles. The molecule has 82 valence electrons. The number of phenols is 2. The highest BCUT2D eigenvalue weighted by Gasteiger charge is 2.02. The summed E-state index contributed by atoms with van der Waals surface area (Å²) in [7, 11) is 0. The molecule has 0 spiro atoms. The van der Waals surface area contributed by atoms with E-state index in [-0.39, 0.29) is 11.5 Å². The van der Waals surface area contributed by atoms with Crippen LogP contribution in [0.4, 0.5) is 0 Å². The van der Waals surface area contributed by atoms with Crippen LogP contribution in [0.5, 0.6) is 11.5 Å². The van der Waals surface area contributed by atoms with Gasteiger partial charge < -0.3 is 10.2 Å². The van der Waals surface area contributed by atoms with Crippen LogP contribution >= 0.6 is 0 Å². The Morgan fingerprint density at radius 1 is 1.33 bits per heavy atom. The predicted octanol–water partition coefficient (Wildman–Crippen LogP) is 3.24. The summed E-state index contributed by atoms with van der Waals surface area (Å²) in [5, 5.41) is 18.8. The molecule has 0 unspecified atom stereocenters. The molecule has 2 N–H and O–H groups in total. The zero-order chi connectivity index (χ0) is 11.4. The predicted molar refractivity (Wildman–Crippen MR) is 62.1 cm³/mol. The van der Waals surface area contributed by atoms with Crippen LogP contribution in [0.25, 0.3) is 0 Å². The maximum Gasteiger partial charge on any atom is 0.119 e. The van der Waals surface area contributed by atoms with Gasteiger partial charge in [0.2, 0.25) is 0 Å². The molecular formula is C13H18O2. The van der Waals surface area contributed by atoms with Crippen molar-refractivity contribution in [1.82, 2.24) is 0 Å². The fraction of sp³-hybridized carbons (Fsp3) is 0.385. The second-order valence-electron chi connectivity index (χ2n) is 4.12. The topological polar surface area (TPSA) is 40.5 Å². The zero-order valence-corrected chi connectivity index (χ0v) is 9.49. The molecule has 0 heterocycles. The lowest BCUT2D eigenvalue weighted by atomic mass is 10.0. The van der Waals surface area contributed by atoms with Gasteiger partial charge in [0.15, 0.2) is 0 Å². The van der Waals surface area contributed by atoms with E-state index in [0.717, 1.165) is 5.56 Å². The minimum Gasteiger partial charge on any atom is -0.508 e. The van der Waals surface area contributed by atoms with Crippen molar-refractivity contribution in [1.29, 1.82) is 0 Å². The van der Waals surface area contributed by atoms with E-state index >= 15 is 0 Å². The summed E-state index contributed by atoms with van der Waals surface area (Å²) in [6, 6.07) is 4.60. The van der Waals surface area contributed by atoms with Gasteiger partial charge in [-0.1, -0.05) is 25.5 Å². The lowest BCUT2D eigenvalue weighted by Gasteiger charge is -2.06. The first kappa shape index (κ1) is 11.6. The maximum absolute atomic E-state index is 9.55. The van der Waals surface area contributed by atoms with Gasteiger partial charge in [-0.15, -0.1) is 0 Å². The van der Waals surface area contributed by atoms with Gasteiger partial charge in [-0.05, 0) is 37.5 Å². The van der Waals surface area contributed by atoms with Gasteiger partial charge in [0, 0.05) is 5.56 Å². The van der Waals surface area contributed by atoms with E-state index in [4.69, 9.17) is 0 Å². The van der Waals surface area contributed by atoms with E-state index in [1.807, 2.05) is 0 Å². The van der Waals surface area contributed by atoms with Gasteiger partial charge in [0.1, 0.15) is 11.5 Å². The molecule has 2 nitrogen and oxygen atoms in total. The summed E-state index contributed by atoms with van der Waals surface area (Å²) in [6.07, 6.45) is 2.74. The Labute approximate surface area is 90.9 Å². The quantitative estimate of drug-likeness (QED) is 0.588. The minimum absolute atomic E-state index is 0.193. The standard InChI is InChI=1S/C13H18O2/c1-9(2)10(3)4-5-11-8-12(14)6-7-13(11)15/h4,6-9,14-15H,5H2,1-3H3/b10-4+. The van der Waals surface area contributed by atoms with Crippen molar-refractivity contribution in [2.45, 2.75) is 27.2 Å². The monoisotopic (exact) mass is 206 g/mol. The molecule has 0 radical (unpaired) electrons. The average molecular weight is 206 g/mol. The molecule has 2 heteroatoms. The molecule has 0 aliphatic rings. The van der Waals surface area contributed by atoms with E-state index in [1.54, 1.807) is 6.07 Å². The third-order valence-electron chi connectivity index (χ3n) is 2.62. The fourth-order valence-corrected chi connectivity index (χ4v) is 1.24. The highest BCUT2D eigenvalue weighted by Crippen LogP contribution is 2.23. The number of aromatic hydroxyl groups is 2. The van der Waals surface area contributed by atoms with E-state index in [2.05, 4.69) is 26.8 Å². The molecule has 1 aromatic carbocycles. The van der Waals surface area contributed by atoms with Crippen LogP contribution in [0.3, 0.4) is 0 Å². The number of phenolic OH excluding ortho intramolecular Hbond substituents is 2. The van der Waals surface area contributed by atoms with Gasteiger partial charge >= 0.3 is 0 Å². The molecule has 1 rings (SSSR count). The fourth-order valence-electron chi connectivity index (χ4n) is 1.24. The van der Waals surface area contributed by atoms with Crippen LogP contribution in [0.1, 0.15) is 26.3 Å². The average Bonchev–Trinajstić information content (AvgIpc) is 2.18. The Balaban J connectivity index is 2.81. The van der Waals surface area contributed by atoms with Gasteiger partial charge in [-0.3, -0.25) is 0 Å². The van der Waals surface area contributed by atoms with Crippen molar-refractivity contribution in [3.8, 4) is 11.5 Å². The summed E-state index contributed by atoms with van der Waals surface area (Å²) in [5.74, 6) is 0.948. The molecular weight excluding hydrogens is 188 g/mol. The summed E-state index contributed by atoms with van der Waals surface area (Å²) >= 11 is 0. The molecule has 0 atom stereocenters. The number of benzene rings is 1. The molecule has 0 aliphatic heterocycles. The smallest absolute Gasteiger partial charge is 0.119 e. The Hall–Kier alpha value is -1.44. The van der Waals surface area contributed by atoms with Crippen molar-refractivity contribution in [2.24, 2.45) is 5.92 Å². The Bertz CT molecular complexity index is 365. The molecule has 15 heavy (non-hydrogen) atoms. The van der Waals surface area contributed by atoms with Crippen molar-refractivity contribution < 1.29 is 10.2 Å². The first-order valence-corrected chi connectivity index (χ1v) is 5.18. The number of hydrogen-bond donors (Lipinski definition) is 2. The lowest BCUT2D eigenvalue weighted by Crippen LogP contribution is -1.90. The van der Waals surface area contributed by atoms with Crippen LogP contribution in [-0.4, -0.2) is 10.2 Å². The van der Waals surface area contributed by atoms with Crippen LogP contribution < -0.4 is 0 Å². The van der Waals surface area contributed by atoms with Crippen molar-refractivity contribution >= 4 is 0 Å². The first-order valence-electron chi connectivity index (χ1n) is 5.18. The van der Waals surface area contributed by atoms with Gasteiger partial charge in [0.25, 0.3) is 0 Å². The molecule has 0 fully saturated rings. The molecule has 0 amide bonds. The number of hydrogen-bond acceptors (Lipinski definition) is 2. The van der Waals surface area contributed by atoms with Crippen molar-refractivity contribution in [3.05, 3.63) is 35.4 Å². The molecule has 0 bridgehead atoms. The second-order valence-corrected chi connectivity index (χ2v) is 4.12. The first-order chi connectivity index (χ1) is 7.00. The van der Waals surface area contributed by atoms with E-state index < -0.39 is 0 Å². The third-order valence-corrected chi connectivity index (χ3v) is 2.62. The Morgan fingerprint density at radius 2 is 2.00 bits per heavy atom. The molecule has 0 aliphatic carbocycles. The molecule has 1 aromatic rings. The van der Waals surface area contributed by atoms with E-state index in [0.29, 0.717) is 12.3 Å². The molecule has 0 aromatic heterocycles. The lowest BCUT2D eigenvalue weighted by molar-refractivity contribution is 0.455. The van der Waals surface area contributed by atoms with Crippen molar-refractivity contribution in [2.75, 3.05) is 0 Å². The van der Waals surface area contributed by atoms with Gasteiger partial charge in [0.05, 0.1) is 0 Å². The number of allylic oxidation sites excluding steroid dienone is 2. The number of rotatable bonds is 3. The SMILES string of the molecule is C/C(=C\Cc1cc(O)ccc1O)C(C)C. The summed E-state index contributed by atoms with van der Waals surface area (Å²) in [4.78, 5) is 0. The Morgan fingerprint density at radius 3 is 2.60 bits per heavy atom. The van der Waals surface area contributed by atoms with Crippen LogP contribution in [0.15, 0.2) is 29.8 Å². The van der Waals surface area contributed by atoms with Crippen molar-refractivity contribution in [3.63, 3.8) is 0 Å². The van der Waals surface area contributed by atoms with Crippen LogP contribution in [0, 0.1) is 5.92 Å². The summed E-state index contributed by atoms with van der Waals surface area (Å²) in [6.45, 7) is 6.34. The minimum atomic E-state index is 0.193. The zero-order valence-electron chi connectivity index (χ0n) is 9.49. The van der Waals surface area contributed by atoms with Crippen LogP contribution in [0.2, 0.25) is 0 Å². The molecule has 0 saturated heterocycles.